The van der Waals surface area contributed by atoms with Gasteiger partial charge in [0.1, 0.15) is 0 Å². The van der Waals surface area contributed by atoms with Crippen LogP contribution in [-0.4, -0.2) is 31.5 Å². The van der Waals surface area contributed by atoms with Gasteiger partial charge < -0.3 is 14.8 Å². The maximum Gasteiger partial charge on any atom is 0.223 e. The van der Waals surface area contributed by atoms with Crippen molar-refractivity contribution in [2.24, 2.45) is 11.8 Å². The van der Waals surface area contributed by atoms with Gasteiger partial charge in [-0.05, 0) is 25.7 Å². The molecule has 4 nitrogen and oxygen atoms in total. The molecule has 1 aliphatic carbocycles. The Hall–Kier alpha value is -0.610. The zero-order valence-corrected chi connectivity index (χ0v) is 13.0. The summed E-state index contributed by atoms with van der Waals surface area (Å²) in [6.45, 7) is 6.21. The normalized spacial score (nSPS) is 25.1. The molecule has 2 aliphatic rings. The van der Waals surface area contributed by atoms with E-state index in [4.69, 9.17) is 9.47 Å². The minimum Gasteiger partial charge on any atom is -0.356 e. The summed E-state index contributed by atoms with van der Waals surface area (Å²) in [4.78, 5) is 12.2. The van der Waals surface area contributed by atoms with Crippen LogP contribution in [0.15, 0.2) is 0 Å². The molecule has 0 aromatic carbocycles. The van der Waals surface area contributed by atoms with Gasteiger partial charge in [-0.1, -0.05) is 32.6 Å². The molecular formula is C16H29NO3. The van der Waals surface area contributed by atoms with Crippen LogP contribution >= 0.6 is 0 Å². The molecule has 0 aromatic heterocycles. The maximum atomic E-state index is 12.2. The molecule has 1 atom stereocenters. The lowest BCUT2D eigenvalue weighted by Gasteiger charge is -2.26. The van der Waals surface area contributed by atoms with Crippen molar-refractivity contribution in [1.82, 2.24) is 5.32 Å². The summed E-state index contributed by atoms with van der Waals surface area (Å²) in [6, 6.07) is 0. The second kappa shape index (κ2) is 7.41. The molecule has 0 bridgehead atoms. The highest BCUT2D eigenvalue weighted by Crippen LogP contribution is 2.27. The first-order valence-corrected chi connectivity index (χ1v) is 8.15. The van der Waals surface area contributed by atoms with E-state index in [0.29, 0.717) is 19.1 Å². The highest BCUT2D eigenvalue weighted by molar-refractivity contribution is 5.78. The first kappa shape index (κ1) is 15.8. The molecule has 1 saturated carbocycles. The molecule has 2 fully saturated rings. The van der Waals surface area contributed by atoms with Crippen molar-refractivity contribution in [3.8, 4) is 0 Å². The third-order valence-electron chi connectivity index (χ3n) is 4.47. The highest BCUT2D eigenvalue weighted by atomic mass is 16.7. The molecule has 116 valence electrons. The molecule has 0 aromatic rings. The Morgan fingerprint density at radius 1 is 1.20 bits per heavy atom. The van der Waals surface area contributed by atoms with Crippen LogP contribution in [0.5, 0.6) is 0 Å². The fourth-order valence-electron chi connectivity index (χ4n) is 3.34. The number of hydrogen-bond donors (Lipinski definition) is 1. The maximum absolute atomic E-state index is 12.2. The van der Waals surface area contributed by atoms with Gasteiger partial charge >= 0.3 is 0 Å². The van der Waals surface area contributed by atoms with Crippen molar-refractivity contribution < 1.29 is 14.3 Å². The molecule has 4 heteroatoms. The van der Waals surface area contributed by atoms with Gasteiger partial charge in [0.15, 0.2) is 5.79 Å². The van der Waals surface area contributed by atoms with E-state index in [1.165, 1.54) is 25.7 Å². The molecule has 1 aliphatic heterocycles. The summed E-state index contributed by atoms with van der Waals surface area (Å²) in [7, 11) is 0. The van der Waals surface area contributed by atoms with Gasteiger partial charge in [-0.3, -0.25) is 4.79 Å². The fraction of sp³-hybridized carbons (Fsp3) is 0.938. The lowest BCUT2D eigenvalue weighted by molar-refractivity contribution is -0.154. The van der Waals surface area contributed by atoms with E-state index < -0.39 is 5.79 Å². The largest absolute Gasteiger partial charge is 0.356 e. The molecule has 2 rings (SSSR count). The van der Waals surface area contributed by atoms with Crippen molar-refractivity contribution in [2.75, 3.05) is 19.8 Å². The van der Waals surface area contributed by atoms with Gasteiger partial charge in [-0.15, -0.1) is 0 Å². The van der Waals surface area contributed by atoms with Crippen molar-refractivity contribution in [3.05, 3.63) is 0 Å². The van der Waals surface area contributed by atoms with Gasteiger partial charge in [0, 0.05) is 18.9 Å². The van der Waals surface area contributed by atoms with Crippen LogP contribution in [0.2, 0.25) is 0 Å². The average Bonchev–Trinajstić information content (AvgIpc) is 2.68. The molecule has 0 unspecified atom stereocenters. The zero-order valence-electron chi connectivity index (χ0n) is 13.0. The van der Waals surface area contributed by atoms with E-state index >= 15 is 0 Å². The monoisotopic (exact) mass is 283 g/mol. The number of amides is 1. The molecular weight excluding hydrogens is 254 g/mol. The summed E-state index contributed by atoms with van der Waals surface area (Å²) >= 11 is 0. The lowest BCUT2D eigenvalue weighted by Crippen LogP contribution is -2.37. The predicted octanol–water partition coefficient (Wildman–Crippen LogP) is 2.86. The number of ether oxygens (including phenoxy) is 2. The number of hydrogen-bond acceptors (Lipinski definition) is 3. The average molecular weight is 283 g/mol. The second-order valence-corrected chi connectivity index (χ2v) is 6.57. The van der Waals surface area contributed by atoms with Gasteiger partial charge in [-0.25, -0.2) is 0 Å². The quantitative estimate of drug-likeness (QED) is 0.789. The standard InChI is InChI=1S/C16H29NO3/c1-13(11-16(2)19-9-10-20-16)12-17-15(18)14-7-5-3-4-6-8-14/h13-14H,3-12H2,1-2H3,(H,17,18)/t13-/m1/s1. The Kier molecular flexibility index (Phi) is 5.85. The van der Waals surface area contributed by atoms with Gasteiger partial charge in [0.05, 0.1) is 13.2 Å². The van der Waals surface area contributed by atoms with Crippen LogP contribution in [0.1, 0.15) is 58.8 Å². The fourth-order valence-corrected chi connectivity index (χ4v) is 3.34. The molecule has 0 spiro atoms. The Morgan fingerprint density at radius 3 is 2.40 bits per heavy atom. The summed E-state index contributed by atoms with van der Waals surface area (Å²) in [5.74, 6) is 0.399. The summed E-state index contributed by atoms with van der Waals surface area (Å²) in [5.41, 5.74) is 0. The Morgan fingerprint density at radius 2 is 1.80 bits per heavy atom. The number of carbonyl (C=O) groups is 1. The smallest absolute Gasteiger partial charge is 0.223 e. The molecule has 1 saturated heterocycles. The molecule has 1 N–H and O–H groups in total. The molecule has 1 heterocycles. The topological polar surface area (TPSA) is 47.6 Å². The van der Waals surface area contributed by atoms with Crippen LogP contribution in [0.25, 0.3) is 0 Å². The van der Waals surface area contributed by atoms with Crippen molar-refractivity contribution in [2.45, 2.75) is 64.6 Å². The van der Waals surface area contributed by atoms with Crippen molar-refractivity contribution in [1.29, 1.82) is 0 Å². The molecule has 0 radical (unpaired) electrons. The van der Waals surface area contributed by atoms with Crippen LogP contribution in [0.3, 0.4) is 0 Å². The predicted molar refractivity (Wildman–Crippen MR) is 78.3 cm³/mol. The van der Waals surface area contributed by atoms with Crippen LogP contribution in [-0.2, 0) is 14.3 Å². The van der Waals surface area contributed by atoms with Crippen LogP contribution in [0.4, 0.5) is 0 Å². The van der Waals surface area contributed by atoms with Crippen LogP contribution < -0.4 is 5.32 Å². The highest BCUT2D eigenvalue weighted by Gasteiger charge is 2.32. The molecule has 1 amide bonds. The number of carbonyl (C=O) groups excluding carboxylic acids is 1. The minimum atomic E-state index is -0.452. The van der Waals surface area contributed by atoms with Crippen molar-refractivity contribution >= 4 is 5.91 Å². The van der Waals surface area contributed by atoms with E-state index in [2.05, 4.69) is 12.2 Å². The van der Waals surface area contributed by atoms with Gasteiger partial charge in [0.2, 0.25) is 5.91 Å². The zero-order chi connectivity index (χ0) is 14.4. The second-order valence-electron chi connectivity index (χ2n) is 6.57. The number of nitrogens with one attached hydrogen (secondary N) is 1. The Bertz CT molecular complexity index is 305. The SMILES string of the molecule is C[C@@H](CNC(=O)C1CCCCCC1)CC1(C)OCCO1. The van der Waals surface area contributed by atoms with Gasteiger partial charge in [0.25, 0.3) is 0 Å². The summed E-state index contributed by atoms with van der Waals surface area (Å²) in [5, 5.41) is 3.12. The van der Waals surface area contributed by atoms with Crippen LogP contribution in [0, 0.1) is 11.8 Å². The van der Waals surface area contributed by atoms with E-state index in [0.717, 1.165) is 25.8 Å². The first-order chi connectivity index (χ1) is 9.59. The van der Waals surface area contributed by atoms with E-state index in [9.17, 15) is 4.79 Å². The Labute approximate surface area is 122 Å². The molecule has 20 heavy (non-hydrogen) atoms. The third-order valence-corrected chi connectivity index (χ3v) is 4.47. The Balaban J connectivity index is 1.69. The minimum absolute atomic E-state index is 0.235. The van der Waals surface area contributed by atoms with E-state index in [1.54, 1.807) is 0 Å². The first-order valence-electron chi connectivity index (χ1n) is 8.15. The summed E-state index contributed by atoms with van der Waals surface area (Å²) in [6.07, 6.45) is 7.92. The van der Waals surface area contributed by atoms with Gasteiger partial charge in [-0.2, -0.15) is 0 Å². The summed E-state index contributed by atoms with van der Waals surface area (Å²) < 4.78 is 11.2. The van der Waals surface area contributed by atoms with E-state index in [-0.39, 0.29) is 11.8 Å². The number of rotatable bonds is 5. The van der Waals surface area contributed by atoms with E-state index in [1.807, 2.05) is 6.92 Å². The third kappa shape index (κ3) is 4.74. The van der Waals surface area contributed by atoms with Crippen molar-refractivity contribution in [3.63, 3.8) is 0 Å². The lowest BCUT2D eigenvalue weighted by atomic mass is 9.98.